The van der Waals surface area contributed by atoms with E-state index in [1.165, 1.54) is 22.4 Å². The van der Waals surface area contributed by atoms with E-state index in [4.69, 9.17) is 4.98 Å². The second kappa shape index (κ2) is 7.22. The largest absolute Gasteiger partial charge is 0.341 e. The normalized spacial score (nSPS) is 17.6. The highest BCUT2D eigenvalue weighted by Crippen LogP contribution is 2.39. The second-order valence-corrected chi connectivity index (χ2v) is 8.04. The van der Waals surface area contributed by atoms with Crippen LogP contribution in [-0.4, -0.2) is 20.8 Å². The fraction of sp³-hybridized carbons (Fsp3) is 0.174. The molecule has 1 N–H and O–H groups in total. The molecule has 3 nitrogen and oxygen atoms in total. The number of para-hydroxylation sites is 2. The van der Waals surface area contributed by atoms with Gasteiger partial charge in [0.25, 0.3) is 0 Å². The molecule has 27 heavy (non-hydrogen) atoms. The Hall–Kier alpha value is -2.56. The van der Waals surface area contributed by atoms with E-state index in [2.05, 4.69) is 82.1 Å². The first-order valence-corrected chi connectivity index (χ1v) is 10.2. The van der Waals surface area contributed by atoms with Gasteiger partial charge in [0.2, 0.25) is 0 Å². The fourth-order valence-electron chi connectivity index (χ4n) is 3.73. The number of nitrogens with one attached hydrogen (secondary N) is 1. The maximum atomic E-state index is 4.83. The molecule has 1 aliphatic rings. The maximum absolute atomic E-state index is 4.83. The molecule has 0 saturated carbocycles. The van der Waals surface area contributed by atoms with Gasteiger partial charge in [-0.15, -0.1) is 0 Å². The lowest BCUT2D eigenvalue weighted by atomic mass is 10.1. The number of aromatic nitrogens is 2. The first kappa shape index (κ1) is 16.6. The Labute approximate surface area is 163 Å². The molecule has 3 aromatic carbocycles. The molecule has 4 aromatic rings. The number of H-pyrrole nitrogens is 1. The van der Waals surface area contributed by atoms with Gasteiger partial charge in [-0.25, -0.2) is 9.29 Å². The summed E-state index contributed by atoms with van der Waals surface area (Å²) in [5, 5.41) is 0. The van der Waals surface area contributed by atoms with Crippen LogP contribution in [0, 0.1) is 0 Å². The molecule has 1 aliphatic heterocycles. The first-order chi connectivity index (χ1) is 13.4. The Bertz CT molecular complexity index is 1010. The third-order valence-electron chi connectivity index (χ3n) is 5.11. The smallest absolute Gasteiger partial charge is 0.125 e. The SMILES string of the molecule is c1ccc(-c2ccc(SN3CCCC3c3nc4ccccc4[nH]3)cc2)cc1. The van der Waals surface area contributed by atoms with Crippen LogP contribution >= 0.6 is 11.9 Å². The molecule has 0 bridgehead atoms. The van der Waals surface area contributed by atoms with E-state index in [0.29, 0.717) is 6.04 Å². The lowest BCUT2D eigenvalue weighted by Gasteiger charge is -2.21. The number of rotatable bonds is 4. The molecule has 0 spiro atoms. The van der Waals surface area contributed by atoms with Crippen LogP contribution in [0.15, 0.2) is 83.8 Å². The molecule has 5 rings (SSSR count). The Morgan fingerprint density at radius 3 is 2.41 bits per heavy atom. The molecular formula is C23H21N3S. The second-order valence-electron chi connectivity index (χ2n) is 6.92. The Kier molecular flexibility index (Phi) is 4.44. The summed E-state index contributed by atoms with van der Waals surface area (Å²) >= 11 is 1.84. The summed E-state index contributed by atoms with van der Waals surface area (Å²) in [5.74, 6) is 1.09. The third kappa shape index (κ3) is 3.38. The summed E-state index contributed by atoms with van der Waals surface area (Å²) in [6, 6.07) is 28.0. The van der Waals surface area contributed by atoms with E-state index >= 15 is 0 Å². The zero-order chi connectivity index (χ0) is 18.1. The topological polar surface area (TPSA) is 31.9 Å². The van der Waals surface area contributed by atoms with E-state index < -0.39 is 0 Å². The number of hydrogen-bond donors (Lipinski definition) is 1. The first-order valence-electron chi connectivity index (χ1n) is 9.41. The highest BCUT2D eigenvalue weighted by Gasteiger charge is 2.29. The minimum absolute atomic E-state index is 0.344. The van der Waals surface area contributed by atoms with Crippen LogP contribution in [-0.2, 0) is 0 Å². The van der Waals surface area contributed by atoms with Crippen molar-refractivity contribution < 1.29 is 0 Å². The van der Waals surface area contributed by atoms with Crippen molar-refractivity contribution in [3.05, 3.63) is 84.7 Å². The number of nitrogens with zero attached hydrogens (tertiary/aromatic N) is 2. The van der Waals surface area contributed by atoms with Gasteiger partial charge in [-0.1, -0.05) is 54.6 Å². The molecule has 0 radical (unpaired) electrons. The minimum atomic E-state index is 0.344. The van der Waals surface area contributed by atoms with Gasteiger partial charge in [0.05, 0.1) is 17.1 Å². The van der Waals surface area contributed by atoms with Crippen LogP contribution in [0.3, 0.4) is 0 Å². The zero-order valence-electron chi connectivity index (χ0n) is 15.0. The molecule has 2 heterocycles. The molecule has 0 amide bonds. The van der Waals surface area contributed by atoms with Crippen molar-refractivity contribution in [1.29, 1.82) is 0 Å². The lowest BCUT2D eigenvalue weighted by molar-refractivity contribution is 0.436. The maximum Gasteiger partial charge on any atom is 0.125 e. The summed E-state index contributed by atoms with van der Waals surface area (Å²) < 4.78 is 2.47. The van der Waals surface area contributed by atoms with E-state index in [0.717, 1.165) is 29.8 Å². The summed E-state index contributed by atoms with van der Waals surface area (Å²) in [4.78, 5) is 9.62. The third-order valence-corrected chi connectivity index (χ3v) is 6.27. The van der Waals surface area contributed by atoms with E-state index in [-0.39, 0.29) is 0 Å². The van der Waals surface area contributed by atoms with Gasteiger partial charge in [0.15, 0.2) is 0 Å². The summed E-state index contributed by atoms with van der Waals surface area (Å²) in [6.45, 7) is 1.09. The highest BCUT2D eigenvalue weighted by atomic mass is 32.2. The standard InChI is InChI=1S/C23H21N3S/c1-2-7-17(8-3-1)18-12-14-19(15-13-18)27-26-16-6-11-22(26)23-24-20-9-4-5-10-21(20)25-23/h1-5,7-10,12-15,22H,6,11,16H2,(H,24,25). The predicted molar refractivity (Wildman–Crippen MR) is 113 cm³/mol. The van der Waals surface area contributed by atoms with E-state index in [1.54, 1.807) is 0 Å². The minimum Gasteiger partial charge on any atom is -0.341 e. The molecule has 1 aromatic heterocycles. The average Bonchev–Trinajstić information content (AvgIpc) is 3.35. The Morgan fingerprint density at radius 2 is 1.59 bits per heavy atom. The summed E-state index contributed by atoms with van der Waals surface area (Å²) in [6.07, 6.45) is 2.35. The summed E-state index contributed by atoms with van der Waals surface area (Å²) in [5.41, 5.74) is 4.69. The number of fused-ring (bicyclic) bond motifs is 1. The zero-order valence-corrected chi connectivity index (χ0v) is 15.8. The van der Waals surface area contributed by atoms with Gasteiger partial charge >= 0.3 is 0 Å². The molecule has 134 valence electrons. The van der Waals surface area contributed by atoms with Crippen LogP contribution in [0.4, 0.5) is 0 Å². The molecule has 4 heteroatoms. The van der Waals surface area contributed by atoms with Crippen LogP contribution < -0.4 is 0 Å². The van der Waals surface area contributed by atoms with Crippen molar-refractivity contribution in [1.82, 2.24) is 14.3 Å². The van der Waals surface area contributed by atoms with Crippen LogP contribution in [0.1, 0.15) is 24.7 Å². The number of benzene rings is 3. The molecule has 0 aliphatic carbocycles. The molecule has 1 fully saturated rings. The molecular weight excluding hydrogens is 350 g/mol. The van der Waals surface area contributed by atoms with E-state index in [1.807, 2.05) is 18.0 Å². The Balaban J connectivity index is 1.35. The van der Waals surface area contributed by atoms with Crippen molar-refractivity contribution >= 4 is 23.0 Å². The van der Waals surface area contributed by atoms with Crippen LogP contribution in [0.2, 0.25) is 0 Å². The Morgan fingerprint density at radius 1 is 0.852 bits per heavy atom. The van der Waals surface area contributed by atoms with Gasteiger partial charge in [0.1, 0.15) is 5.82 Å². The van der Waals surface area contributed by atoms with Gasteiger partial charge in [-0.05, 0) is 60.2 Å². The molecule has 1 saturated heterocycles. The van der Waals surface area contributed by atoms with Crippen molar-refractivity contribution in [2.24, 2.45) is 0 Å². The highest BCUT2D eigenvalue weighted by molar-refractivity contribution is 7.97. The van der Waals surface area contributed by atoms with Gasteiger partial charge in [-0.3, -0.25) is 0 Å². The predicted octanol–water partition coefficient (Wildman–Crippen LogP) is 6.07. The van der Waals surface area contributed by atoms with Gasteiger partial charge < -0.3 is 4.98 Å². The van der Waals surface area contributed by atoms with Crippen molar-refractivity contribution in [3.63, 3.8) is 0 Å². The number of aromatic amines is 1. The lowest BCUT2D eigenvalue weighted by Crippen LogP contribution is -2.16. The summed E-state index contributed by atoms with van der Waals surface area (Å²) in [7, 11) is 0. The fourth-order valence-corrected chi connectivity index (χ4v) is 4.81. The number of imidazole rings is 1. The van der Waals surface area contributed by atoms with Crippen molar-refractivity contribution in [3.8, 4) is 11.1 Å². The molecule has 1 unspecified atom stereocenters. The van der Waals surface area contributed by atoms with E-state index in [9.17, 15) is 0 Å². The number of hydrogen-bond acceptors (Lipinski definition) is 3. The van der Waals surface area contributed by atoms with Crippen molar-refractivity contribution in [2.45, 2.75) is 23.8 Å². The average molecular weight is 372 g/mol. The monoisotopic (exact) mass is 371 g/mol. The van der Waals surface area contributed by atoms with Gasteiger partial charge in [-0.2, -0.15) is 0 Å². The molecule has 1 atom stereocenters. The van der Waals surface area contributed by atoms with Crippen LogP contribution in [0.25, 0.3) is 22.2 Å². The van der Waals surface area contributed by atoms with Gasteiger partial charge in [0, 0.05) is 11.4 Å². The van der Waals surface area contributed by atoms with Crippen LogP contribution in [0.5, 0.6) is 0 Å². The van der Waals surface area contributed by atoms with Crippen molar-refractivity contribution in [2.75, 3.05) is 6.54 Å². The quantitative estimate of drug-likeness (QED) is 0.442.